The molecule has 1 saturated heterocycles. The first kappa shape index (κ1) is 17.2. The molecule has 2 amide bonds. The number of carbonyl (C=O) groups is 2. The first-order valence-corrected chi connectivity index (χ1v) is 7.51. The fraction of sp³-hybridized carbons (Fsp3) is 0.429. The molecule has 1 atom stereocenters. The van der Waals surface area contributed by atoms with Gasteiger partial charge in [-0.15, -0.1) is 0 Å². The highest BCUT2D eigenvalue weighted by atomic mass is 35.5. The topological polar surface area (TPSA) is 105 Å². The molecule has 0 aliphatic carbocycles. The van der Waals surface area contributed by atoms with Crippen LogP contribution in [-0.4, -0.2) is 53.9 Å². The van der Waals surface area contributed by atoms with Crippen LogP contribution in [-0.2, 0) is 4.79 Å². The Bertz CT molecular complexity index is 637. The van der Waals surface area contributed by atoms with Crippen LogP contribution in [0.25, 0.3) is 0 Å². The van der Waals surface area contributed by atoms with Gasteiger partial charge in [-0.3, -0.25) is 19.7 Å². The second-order valence-corrected chi connectivity index (χ2v) is 5.62. The van der Waals surface area contributed by atoms with E-state index in [2.05, 4.69) is 10.6 Å². The Hall–Kier alpha value is -2.19. The van der Waals surface area contributed by atoms with Crippen LogP contribution in [0.2, 0.25) is 5.02 Å². The highest BCUT2D eigenvalue weighted by Gasteiger charge is 2.26. The molecule has 0 aromatic heterocycles. The third kappa shape index (κ3) is 3.96. The summed E-state index contributed by atoms with van der Waals surface area (Å²) in [6.45, 7) is 3.62. The summed E-state index contributed by atoms with van der Waals surface area (Å²) >= 11 is 5.89. The molecule has 9 heteroatoms. The monoisotopic (exact) mass is 340 g/mol. The minimum absolute atomic E-state index is 0.0281. The summed E-state index contributed by atoms with van der Waals surface area (Å²) in [6, 6.07) is 4.01. The largest absolute Gasteiger partial charge is 0.343 e. The van der Waals surface area contributed by atoms with Crippen LogP contribution in [0.4, 0.5) is 5.69 Å². The normalized spacial score (nSPS) is 17.7. The lowest BCUT2D eigenvalue weighted by molar-refractivity contribution is -0.385. The Balaban J connectivity index is 2.05. The minimum Gasteiger partial charge on any atom is -0.343 e. The maximum absolute atomic E-state index is 12.2. The zero-order valence-electron chi connectivity index (χ0n) is 12.5. The third-order valence-electron chi connectivity index (χ3n) is 3.64. The van der Waals surface area contributed by atoms with Crippen LogP contribution >= 0.6 is 11.6 Å². The molecule has 1 fully saturated rings. The number of benzene rings is 1. The third-order valence-corrected chi connectivity index (χ3v) is 3.95. The standard InChI is InChI=1S/C14H17ClN4O4/c1-9-7-16-5-6-18(9)12(20)8-17-14(21)13-10(15)3-2-4-11(13)19(22)23/h2-4,9,16H,5-8H2,1H3,(H,17,21)/t9-/m1/s1. The molecule has 0 saturated carbocycles. The SMILES string of the molecule is C[C@@H]1CNCCN1C(=O)CNC(=O)c1c(Cl)cccc1[N+](=O)[O-]. The van der Waals surface area contributed by atoms with Crippen LogP contribution in [0.5, 0.6) is 0 Å². The summed E-state index contributed by atoms with van der Waals surface area (Å²) in [4.78, 5) is 36.3. The molecule has 0 spiro atoms. The minimum atomic E-state index is -0.738. The predicted molar refractivity (Wildman–Crippen MR) is 84.5 cm³/mol. The summed E-state index contributed by atoms with van der Waals surface area (Å²) < 4.78 is 0. The molecule has 1 heterocycles. The van der Waals surface area contributed by atoms with E-state index in [0.29, 0.717) is 19.6 Å². The average Bonchev–Trinajstić information content (AvgIpc) is 2.52. The Kier molecular flexibility index (Phi) is 5.51. The molecule has 23 heavy (non-hydrogen) atoms. The predicted octanol–water partition coefficient (Wildman–Crippen LogP) is 0.798. The summed E-state index contributed by atoms with van der Waals surface area (Å²) in [5, 5.41) is 16.5. The number of nitro groups is 1. The van der Waals surface area contributed by atoms with Gasteiger partial charge >= 0.3 is 0 Å². The summed E-state index contributed by atoms with van der Waals surface area (Å²) in [6.07, 6.45) is 0. The Morgan fingerprint density at radius 3 is 2.91 bits per heavy atom. The molecular weight excluding hydrogens is 324 g/mol. The molecule has 2 rings (SSSR count). The highest BCUT2D eigenvalue weighted by molar-refractivity contribution is 6.34. The van der Waals surface area contributed by atoms with Gasteiger partial charge in [0.15, 0.2) is 0 Å². The lowest BCUT2D eigenvalue weighted by Crippen LogP contribution is -2.54. The van der Waals surface area contributed by atoms with Crippen molar-refractivity contribution >= 4 is 29.1 Å². The lowest BCUT2D eigenvalue weighted by atomic mass is 10.1. The van der Waals surface area contributed by atoms with Crippen molar-refractivity contribution in [2.75, 3.05) is 26.2 Å². The van der Waals surface area contributed by atoms with Gasteiger partial charge in [-0.25, -0.2) is 0 Å². The smallest absolute Gasteiger partial charge is 0.283 e. The number of nitrogens with one attached hydrogen (secondary N) is 2. The van der Waals surface area contributed by atoms with E-state index in [4.69, 9.17) is 11.6 Å². The van der Waals surface area contributed by atoms with Crippen LogP contribution in [0.1, 0.15) is 17.3 Å². The first-order valence-electron chi connectivity index (χ1n) is 7.13. The van der Waals surface area contributed by atoms with Crippen molar-refractivity contribution in [3.8, 4) is 0 Å². The molecule has 0 unspecified atom stereocenters. The quantitative estimate of drug-likeness (QED) is 0.623. The van der Waals surface area contributed by atoms with Crippen molar-refractivity contribution in [1.82, 2.24) is 15.5 Å². The number of nitro benzene ring substituents is 1. The van der Waals surface area contributed by atoms with Gasteiger partial charge < -0.3 is 15.5 Å². The number of rotatable bonds is 4. The highest BCUT2D eigenvalue weighted by Crippen LogP contribution is 2.25. The zero-order valence-corrected chi connectivity index (χ0v) is 13.3. The fourth-order valence-corrected chi connectivity index (χ4v) is 2.70. The molecule has 8 nitrogen and oxygen atoms in total. The van der Waals surface area contributed by atoms with E-state index in [1.807, 2.05) is 6.92 Å². The molecule has 1 aromatic carbocycles. The maximum Gasteiger partial charge on any atom is 0.283 e. The molecule has 1 aliphatic heterocycles. The van der Waals surface area contributed by atoms with Gasteiger partial charge in [0.25, 0.3) is 11.6 Å². The van der Waals surface area contributed by atoms with E-state index in [1.54, 1.807) is 4.90 Å². The number of carbonyl (C=O) groups excluding carboxylic acids is 2. The van der Waals surface area contributed by atoms with Gasteiger partial charge in [0.1, 0.15) is 5.56 Å². The first-order chi connectivity index (χ1) is 10.9. The van der Waals surface area contributed by atoms with Gasteiger partial charge in [-0.05, 0) is 13.0 Å². The van der Waals surface area contributed by atoms with Crippen molar-refractivity contribution in [2.45, 2.75) is 13.0 Å². The van der Waals surface area contributed by atoms with Crippen LogP contribution < -0.4 is 10.6 Å². The van der Waals surface area contributed by atoms with Crippen molar-refractivity contribution < 1.29 is 14.5 Å². The Labute approximate surface area is 137 Å². The number of amides is 2. The van der Waals surface area contributed by atoms with Crippen molar-refractivity contribution in [3.63, 3.8) is 0 Å². The van der Waals surface area contributed by atoms with Gasteiger partial charge in [-0.2, -0.15) is 0 Å². The van der Waals surface area contributed by atoms with Crippen molar-refractivity contribution in [3.05, 3.63) is 38.9 Å². The molecular formula is C14H17ClN4O4. The van der Waals surface area contributed by atoms with Crippen LogP contribution in [0, 0.1) is 10.1 Å². The summed E-state index contributed by atoms with van der Waals surface area (Å²) in [5.74, 6) is -0.972. The van der Waals surface area contributed by atoms with Gasteiger partial charge in [0, 0.05) is 31.7 Å². The number of nitrogens with zero attached hydrogens (tertiary/aromatic N) is 2. The average molecular weight is 341 g/mol. The number of piperazine rings is 1. The maximum atomic E-state index is 12.2. The van der Waals surface area contributed by atoms with Gasteiger partial charge in [-0.1, -0.05) is 17.7 Å². The van der Waals surface area contributed by atoms with E-state index in [1.165, 1.54) is 18.2 Å². The van der Waals surface area contributed by atoms with Crippen molar-refractivity contribution in [2.24, 2.45) is 0 Å². The number of hydrogen-bond acceptors (Lipinski definition) is 5. The van der Waals surface area contributed by atoms with Crippen molar-refractivity contribution in [1.29, 1.82) is 0 Å². The Morgan fingerprint density at radius 2 is 2.26 bits per heavy atom. The van der Waals surface area contributed by atoms with Crippen LogP contribution in [0.15, 0.2) is 18.2 Å². The van der Waals surface area contributed by atoms with Crippen LogP contribution in [0.3, 0.4) is 0 Å². The summed E-state index contributed by atoms with van der Waals surface area (Å²) in [7, 11) is 0. The second-order valence-electron chi connectivity index (χ2n) is 5.21. The second kappa shape index (κ2) is 7.38. The summed E-state index contributed by atoms with van der Waals surface area (Å²) in [5.41, 5.74) is -0.627. The number of halogens is 1. The van der Waals surface area contributed by atoms with E-state index < -0.39 is 16.5 Å². The van der Waals surface area contributed by atoms with E-state index in [9.17, 15) is 19.7 Å². The zero-order chi connectivity index (χ0) is 17.0. The molecule has 0 bridgehead atoms. The van der Waals surface area contributed by atoms with Gasteiger partial charge in [0.05, 0.1) is 16.5 Å². The fourth-order valence-electron chi connectivity index (χ4n) is 2.45. The Morgan fingerprint density at radius 1 is 1.52 bits per heavy atom. The van der Waals surface area contributed by atoms with E-state index >= 15 is 0 Å². The number of hydrogen-bond donors (Lipinski definition) is 2. The molecule has 124 valence electrons. The molecule has 1 aliphatic rings. The molecule has 2 N–H and O–H groups in total. The molecule has 0 radical (unpaired) electrons. The van der Waals surface area contributed by atoms with E-state index in [-0.39, 0.29) is 29.1 Å². The van der Waals surface area contributed by atoms with E-state index in [0.717, 1.165) is 0 Å². The molecule has 1 aromatic rings. The van der Waals surface area contributed by atoms with Gasteiger partial charge in [0.2, 0.25) is 5.91 Å². The lowest BCUT2D eigenvalue weighted by Gasteiger charge is -2.34.